The van der Waals surface area contributed by atoms with Gasteiger partial charge in [-0.3, -0.25) is 4.79 Å². The highest BCUT2D eigenvalue weighted by atomic mass is 16.5. The Labute approximate surface area is 102 Å². The Bertz CT molecular complexity index is 390. The molecule has 4 saturated carbocycles. The van der Waals surface area contributed by atoms with Gasteiger partial charge >= 0.3 is 5.97 Å². The van der Waals surface area contributed by atoms with E-state index in [1.165, 1.54) is 25.7 Å². The number of carbonyl (C=O) groups excluding carboxylic acids is 1. The number of carbonyl (C=O) groups is 1. The number of esters is 1. The predicted molar refractivity (Wildman–Crippen MR) is 62.0 cm³/mol. The Hall–Kier alpha value is -0.530. The van der Waals surface area contributed by atoms with Crippen molar-refractivity contribution in [3.63, 3.8) is 0 Å². The van der Waals surface area contributed by atoms with E-state index in [1.54, 1.807) is 0 Å². The molecule has 17 heavy (non-hydrogen) atoms. The molecule has 0 aromatic rings. The summed E-state index contributed by atoms with van der Waals surface area (Å²) < 4.78 is 5.33. The van der Waals surface area contributed by atoms with Gasteiger partial charge < -0.3 is 4.74 Å². The van der Waals surface area contributed by atoms with Crippen LogP contribution in [0.5, 0.6) is 0 Å². The zero-order valence-corrected chi connectivity index (χ0v) is 10.2. The molecule has 4 aliphatic carbocycles. The lowest BCUT2D eigenvalue weighted by molar-refractivity contribution is -0.162. The summed E-state index contributed by atoms with van der Waals surface area (Å²) in [6.07, 6.45) is 6.99. The van der Waals surface area contributed by atoms with Crippen LogP contribution in [-0.4, -0.2) is 12.6 Å². The van der Waals surface area contributed by atoms with Gasteiger partial charge in [0, 0.05) is 0 Å². The molecule has 2 heteroatoms. The number of ether oxygens (including phenoxy) is 1. The van der Waals surface area contributed by atoms with E-state index >= 15 is 0 Å². The third-order valence-corrected chi connectivity index (χ3v) is 7.02. The fraction of sp³-hybridized carbons (Fsp3) is 0.933. The van der Waals surface area contributed by atoms with E-state index < -0.39 is 0 Å². The fourth-order valence-electron chi connectivity index (χ4n) is 6.84. The average molecular weight is 232 g/mol. The lowest BCUT2D eigenvalue weighted by atomic mass is 9.62. The number of hydrogen-bond donors (Lipinski definition) is 0. The minimum absolute atomic E-state index is 0.162. The lowest BCUT2D eigenvalue weighted by Crippen LogP contribution is -2.44. The standard InChI is InChI=1S/C15H20O2/c16-15-14-9(3-4-17-15)10-6-11(14)13-8-2-1-7(5-8)12(10)13/h7-14H,1-6H2. The molecular formula is C15H20O2. The normalized spacial score (nSPS) is 62.5. The van der Waals surface area contributed by atoms with Crippen LogP contribution >= 0.6 is 0 Å². The van der Waals surface area contributed by atoms with Gasteiger partial charge in [0.15, 0.2) is 0 Å². The van der Waals surface area contributed by atoms with Gasteiger partial charge in [0.1, 0.15) is 0 Å². The van der Waals surface area contributed by atoms with E-state index in [0.29, 0.717) is 18.4 Å². The highest BCUT2D eigenvalue weighted by Crippen LogP contribution is 2.71. The molecule has 1 saturated heterocycles. The van der Waals surface area contributed by atoms with Crippen molar-refractivity contribution in [2.45, 2.75) is 32.1 Å². The Balaban J connectivity index is 1.56. The van der Waals surface area contributed by atoms with Crippen molar-refractivity contribution in [3.05, 3.63) is 0 Å². The predicted octanol–water partition coefficient (Wildman–Crippen LogP) is 2.48. The molecule has 0 N–H and O–H groups in total. The second-order valence-electron chi connectivity index (χ2n) is 7.20. The molecule has 1 heterocycles. The Morgan fingerprint density at radius 2 is 1.65 bits per heavy atom. The van der Waals surface area contributed by atoms with Crippen LogP contribution in [0.15, 0.2) is 0 Å². The molecule has 5 fully saturated rings. The molecule has 8 atom stereocenters. The van der Waals surface area contributed by atoms with E-state index in [2.05, 4.69) is 0 Å². The summed E-state index contributed by atoms with van der Waals surface area (Å²) in [5, 5.41) is 0. The maximum atomic E-state index is 12.0. The molecule has 0 spiro atoms. The van der Waals surface area contributed by atoms with Gasteiger partial charge in [0.05, 0.1) is 12.5 Å². The summed E-state index contributed by atoms with van der Waals surface area (Å²) in [6.45, 7) is 0.703. The molecule has 0 amide bonds. The van der Waals surface area contributed by atoms with E-state index in [-0.39, 0.29) is 5.97 Å². The molecule has 8 unspecified atom stereocenters. The minimum atomic E-state index is 0.162. The number of cyclic esters (lactones) is 1. The van der Waals surface area contributed by atoms with Crippen LogP contribution in [-0.2, 0) is 9.53 Å². The molecule has 2 nitrogen and oxygen atoms in total. The van der Waals surface area contributed by atoms with Crippen molar-refractivity contribution in [2.75, 3.05) is 6.61 Å². The summed E-state index contributed by atoms with van der Waals surface area (Å²) in [4.78, 5) is 12.0. The Kier molecular flexibility index (Phi) is 1.60. The van der Waals surface area contributed by atoms with Crippen LogP contribution in [0.2, 0.25) is 0 Å². The minimum Gasteiger partial charge on any atom is -0.465 e. The molecule has 92 valence electrons. The Morgan fingerprint density at radius 3 is 2.47 bits per heavy atom. The zero-order valence-electron chi connectivity index (χ0n) is 10.2. The number of hydrogen-bond acceptors (Lipinski definition) is 2. The zero-order chi connectivity index (χ0) is 11.1. The first-order valence-electron chi connectivity index (χ1n) is 7.51. The van der Waals surface area contributed by atoms with Gasteiger partial charge in [0.25, 0.3) is 0 Å². The summed E-state index contributed by atoms with van der Waals surface area (Å²) >= 11 is 0. The summed E-state index contributed by atoms with van der Waals surface area (Å²) in [5.74, 6) is 6.77. The van der Waals surface area contributed by atoms with Crippen LogP contribution < -0.4 is 0 Å². The molecule has 0 aromatic heterocycles. The van der Waals surface area contributed by atoms with Gasteiger partial charge in [-0.25, -0.2) is 0 Å². The quantitative estimate of drug-likeness (QED) is 0.474. The van der Waals surface area contributed by atoms with Gasteiger partial charge in [-0.15, -0.1) is 0 Å². The first kappa shape index (κ1) is 9.41. The third kappa shape index (κ3) is 0.946. The van der Waals surface area contributed by atoms with Crippen molar-refractivity contribution in [2.24, 2.45) is 47.3 Å². The molecule has 5 aliphatic rings. The summed E-state index contributed by atoms with van der Waals surface area (Å²) in [5.41, 5.74) is 0. The van der Waals surface area contributed by atoms with Gasteiger partial charge in [-0.2, -0.15) is 0 Å². The maximum Gasteiger partial charge on any atom is 0.309 e. The molecular weight excluding hydrogens is 212 g/mol. The largest absolute Gasteiger partial charge is 0.465 e. The smallest absolute Gasteiger partial charge is 0.309 e. The summed E-state index contributed by atoms with van der Waals surface area (Å²) in [6, 6.07) is 0. The van der Waals surface area contributed by atoms with Crippen LogP contribution in [0.25, 0.3) is 0 Å². The third-order valence-electron chi connectivity index (χ3n) is 7.02. The van der Waals surface area contributed by atoms with Gasteiger partial charge in [-0.05, 0) is 73.5 Å². The summed E-state index contributed by atoms with van der Waals surface area (Å²) in [7, 11) is 0. The van der Waals surface area contributed by atoms with E-state index in [0.717, 1.165) is 41.9 Å². The fourth-order valence-corrected chi connectivity index (χ4v) is 6.84. The number of rotatable bonds is 0. The number of fused-ring (bicyclic) bond motifs is 12. The van der Waals surface area contributed by atoms with Crippen molar-refractivity contribution >= 4 is 5.97 Å². The second kappa shape index (κ2) is 2.89. The van der Waals surface area contributed by atoms with Gasteiger partial charge in [-0.1, -0.05) is 0 Å². The maximum absolute atomic E-state index is 12.0. The van der Waals surface area contributed by atoms with Crippen LogP contribution in [0, 0.1) is 47.3 Å². The van der Waals surface area contributed by atoms with Gasteiger partial charge in [0.2, 0.25) is 0 Å². The first-order valence-corrected chi connectivity index (χ1v) is 7.51. The van der Waals surface area contributed by atoms with E-state index in [4.69, 9.17) is 4.74 Å². The van der Waals surface area contributed by atoms with Crippen molar-refractivity contribution in [1.29, 1.82) is 0 Å². The molecule has 4 bridgehead atoms. The first-order chi connectivity index (χ1) is 8.34. The van der Waals surface area contributed by atoms with Crippen molar-refractivity contribution in [1.82, 2.24) is 0 Å². The monoisotopic (exact) mass is 232 g/mol. The van der Waals surface area contributed by atoms with Crippen LogP contribution in [0.1, 0.15) is 32.1 Å². The highest BCUT2D eigenvalue weighted by Gasteiger charge is 2.67. The van der Waals surface area contributed by atoms with Crippen LogP contribution in [0.4, 0.5) is 0 Å². The van der Waals surface area contributed by atoms with Crippen molar-refractivity contribution in [3.8, 4) is 0 Å². The van der Waals surface area contributed by atoms with Crippen LogP contribution in [0.3, 0.4) is 0 Å². The van der Waals surface area contributed by atoms with Crippen molar-refractivity contribution < 1.29 is 9.53 Å². The highest BCUT2D eigenvalue weighted by molar-refractivity contribution is 5.75. The average Bonchev–Trinajstić information content (AvgIpc) is 3.07. The lowest BCUT2D eigenvalue weighted by Gasteiger charge is -2.44. The molecule has 0 aromatic carbocycles. The van der Waals surface area contributed by atoms with E-state index in [9.17, 15) is 4.79 Å². The Morgan fingerprint density at radius 1 is 0.882 bits per heavy atom. The molecule has 0 radical (unpaired) electrons. The second-order valence-corrected chi connectivity index (χ2v) is 7.20. The van der Waals surface area contributed by atoms with E-state index in [1.807, 2.05) is 0 Å². The molecule has 1 aliphatic heterocycles. The topological polar surface area (TPSA) is 26.3 Å². The SMILES string of the molecule is O=C1OCCC2C3CC(C12)C1C2CCC(C2)C31. The molecule has 5 rings (SSSR count).